The van der Waals surface area contributed by atoms with Gasteiger partial charge in [-0.05, 0) is 52.0 Å². The summed E-state index contributed by atoms with van der Waals surface area (Å²) in [6.45, 7) is 14.7. The normalized spacial score (nSPS) is 37.1. The topological polar surface area (TPSA) is 38.7 Å². The molecule has 1 saturated carbocycles. The van der Waals surface area contributed by atoms with Crippen LogP contribution in [0.1, 0.15) is 47.5 Å². The number of hydrogen-bond acceptors (Lipinski definition) is 3. The lowest BCUT2D eigenvalue weighted by molar-refractivity contribution is -0.222. The van der Waals surface area contributed by atoms with Gasteiger partial charge in [0, 0.05) is 13.2 Å². The second-order valence-corrected chi connectivity index (χ2v) is 5.57. The Balaban J connectivity index is 3.39. The summed E-state index contributed by atoms with van der Waals surface area (Å²) in [5, 5.41) is 11.4. The van der Waals surface area contributed by atoms with Crippen molar-refractivity contribution in [1.29, 1.82) is 0 Å². The maximum absolute atomic E-state index is 11.4. The number of hydrogen-bond donors (Lipinski definition) is 1. The molecule has 1 rings (SSSR count). The third-order valence-corrected chi connectivity index (χ3v) is 4.24. The van der Waals surface area contributed by atoms with Crippen LogP contribution in [-0.4, -0.2) is 35.6 Å². The summed E-state index contributed by atoms with van der Waals surface area (Å²) in [5.41, 5.74) is -1.39. The van der Waals surface area contributed by atoms with Crippen LogP contribution in [0.3, 0.4) is 0 Å². The minimum atomic E-state index is -1.35. The first-order chi connectivity index (χ1) is 9.39. The van der Waals surface area contributed by atoms with E-state index in [9.17, 15) is 5.11 Å². The Labute approximate surface area is 123 Å². The van der Waals surface area contributed by atoms with Crippen molar-refractivity contribution < 1.29 is 14.6 Å². The molecular weight excluding hydrogens is 252 g/mol. The first kappa shape index (κ1) is 17.2. The number of rotatable bonds is 5. The Kier molecular flexibility index (Phi) is 5.82. The summed E-state index contributed by atoms with van der Waals surface area (Å²) >= 11 is 0. The minimum Gasteiger partial charge on any atom is -0.374 e. The molecule has 0 spiro atoms. The van der Waals surface area contributed by atoms with Gasteiger partial charge < -0.3 is 14.6 Å². The Morgan fingerprint density at radius 2 is 2.05 bits per heavy atom. The van der Waals surface area contributed by atoms with Crippen LogP contribution in [0.25, 0.3) is 0 Å². The summed E-state index contributed by atoms with van der Waals surface area (Å²) in [4.78, 5) is 0. The second-order valence-electron chi connectivity index (χ2n) is 5.57. The van der Waals surface area contributed by atoms with Crippen LogP contribution in [-0.2, 0) is 9.47 Å². The highest BCUT2D eigenvalue weighted by Gasteiger charge is 2.60. The molecule has 0 aromatic carbocycles. The van der Waals surface area contributed by atoms with Gasteiger partial charge in [-0.15, -0.1) is 5.92 Å². The van der Waals surface area contributed by atoms with Gasteiger partial charge in [-0.25, -0.2) is 0 Å². The zero-order valence-electron chi connectivity index (χ0n) is 13.5. The van der Waals surface area contributed by atoms with Crippen LogP contribution in [0.15, 0.2) is 12.2 Å². The monoisotopic (exact) mass is 280 g/mol. The van der Waals surface area contributed by atoms with Crippen LogP contribution in [0.4, 0.5) is 0 Å². The lowest BCUT2D eigenvalue weighted by atomic mass is 9.63. The predicted octanol–water partition coefficient (Wildman–Crippen LogP) is 2.93. The summed E-state index contributed by atoms with van der Waals surface area (Å²) in [6, 6.07) is 0. The molecule has 3 unspecified atom stereocenters. The molecule has 114 valence electrons. The quantitative estimate of drug-likeness (QED) is 0.621. The summed E-state index contributed by atoms with van der Waals surface area (Å²) in [5.74, 6) is 6.06. The largest absolute Gasteiger partial charge is 0.374 e. The Bertz CT molecular complexity index is 406. The average molecular weight is 280 g/mol. The SMILES string of the molecule is C=C(C)[C@@]1(OCC)CCC(C)C(OCC)C1(O)C#CC. The molecule has 0 bridgehead atoms. The van der Waals surface area contributed by atoms with Gasteiger partial charge in [0.25, 0.3) is 0 Å². The van der Waals surface area contributed by atoms with Crippen molar-refractivity contribution in [3.8, 4) is 11.8 Å². The molecule has 1 N–H and O–H groups in total. The Morgan fingerprint density at radius 1 is 1.40 bits per heavy atom. The van der Waals surface area contributed by atoms with Crippen LogP contribution in [0, 0.1) is 17.8 Å². The molecule has 1 fully saturated rings. The lowest BCUT2D eigenvalue weighted by Crippen LogP contribution is -2.67. The molecule has 3 nitrogen and oxygen atoms in total. The van der Waals surface area contributed by atoms with E-state index in [1.54, 1.807) is 6.92 Å². The van der Waals surface area contributed by atoms with Gasteiger partial charge in [0.2, 0.25) is 0 Å². The van der Waals surface area contributed by atoms with E-state index in [0.29, 0.717) is 19.6 Å². The van der Waals surface area contributed by atoms with E-state index in [0.717, 1.165) is 12.0 Å². The highest BCUT2D eigenvalue weighted by atomic mass is 16.5. The van der Waals surface area contributed by atoms with Crippen molar-refractivity contribution in [3.63, 3.8) is 0 Å². The van der Waals surface area contributed by atoms with Crippen LogP contribution in [0.2, 0.25) is 0 Å². The average Bonchev–Trinajstić information content (AvgIpc) is 2.38. The maximum atomic E-state index is 11.4. The molecule has 0 aromatic heterocycles. The fraction of sp³-hybridized carbons (Fsp3) is 0.765. The molecule has 0 saturated heterocycles. The zero-order valence-corrected chi connectivity index (χ0v) is 13.5. The van der Waals surface area contributed by atoms with Gasteiger partial charge in [0.1, 0.15) is 11.7 Å². The van der Waals surface area contributed by atoms with Gasteiger partial charge in [-0.1, -0.05) is 19.4 Å². The molecule has 0 aliphatic heterocycles. The zero-order chi connectivity index (χ0) is 15.4. The molecule has 1 aliphatic carbocycles. The smallest absolute Gasteiger partial charge is 0.184 e. The third kappa shape index (κ3) is 2.65. The summed E-state index contributed by atoms with van der Waals surface area (Å²) in [7, 11) is 0. The first-order valence-corrected chi connectivity index (χ1v) is 7.47. The lowest BCUT2D eigenvalue weighted by Gasteiger charge is -2.53. The Morgan fingerprint density at radius 3 is 2.50 bits per heavy atom. The van der Waals surface area contributed by atoms with Gasteiger partial charge in [0.05, 0.1) is 0 Å². The van der Waals surface area contributed by atoms with E-state index in [4.69, 9.17) is 9.47 Å². The van der Waals surface area contributed by atoms with Gasteiger partial charge in [-0.3, -0.25) is 0 Å². The van der Waals surface area contributed by atoms with E-state index in [1.807, 2.05) is 20.8 Å². The van der Waals surface area contributed by atoms with Gasteiger partial charge >= 0.3 is 0 Å². The number of ether oxygens (including phenoxy) is 2. The van der Waals surface area contributed by atoms with Crippen molar-refractivity contribution in [2.75, 3.05) is 13.2 Å². The van der Waals surface area contributed by atoms with Crippen molar-refractivity contribution >= 4 is 0 Å². The van der Waals surface area contributed by atoms with Crippen molar-refractivity contribution in [1.82, 2.24) is 0 Å². The van der Waals surface area contributed by atoms with Crippen LogP contribution in [0.5, 0.6) is 0 Å². The van der Waals surface area contributed by atoms with Crippen molar-refractivity contribution in [2.45, 2.75) is 64.8 Å². The van der Waals surface area contributed by atoms with Gasteiger partial charge in [0.15, 0.2) is 5.60 Å². The molecule has 3 heteroatoms. The molecular formula is C17H28O3. The third-order valence-electron chi connectivity index (χ3n) is 4.24. The highest BCUT2D eigenvalue weighted by Crippen LogP contribution is 2.47. The Hall–Kier alpha value is -0.820. The summed E-state index contributed by atoms with van der Waals surface area (Å²) < 4.78 is 11.8. The molecule has 4 atom stereocenters. The standard InChI is InChI=1S/C17H28O3/c1-7-11-16(18)15(19-8-2)14(6)10-12-17(16,13(4)5)20-9-3/h14-15,18H,4,8-10,12H2,1-3,5-6H3/t14?,15?,16?,17-/m0/s1. The fourth-order valence-corrected chi connectivity index (χ4v) is 3.33. The molecule has 0 aromatic rings. The first-order valence-electron chi connectivity index (χ1n) is 7.47. The molecule has 20 heavy (non-hydrogen) atoms. The van der Waals surface area contributed by atoms with E-state index in [-0.39, 0.29) is 12.0 Å². The maximum Gasteiger partial charge on any atom is 0.184 e. The molecule has 0 amide bonds. The minimum absolute atomic E-state index is 0.230. The van der Waals surface area contributed by atoms with Crippen molar-refractivity contribution in [3.05, 3.63) is 12.2 Å². The molecule has 0 heterocycles. The van der Waals surface area contributed by atoms with Crippen LogP contribution >= 0.6 is 0 Å². The van der Waals surface area contributed by atoms with Crippen molar-refractivity contribution in [2.24, 2.45) is 5.92 Å². The van der Waals surface area contributed by atoms with E-state index >= 15 is 0 Å². The second kappa shape index (κ2) is 6.76. The molecule has 1 aliphatic rings. The van der Waals surface area contributed by atoms with E-state index < -0.39 is 11.2 Å². The van der Waals surface area contributed by atoms with E-state index in [1.165, 1.54) is 0 Å². The molecule has 0 radical (unpaired) electrons. The fourth-order valence-electron chi connectivity index (χ4n) is 3.33. The van der Waals surface area contributed by atoms with Crippen LogP contribution < -0.4 is 0 Å². The van der Waals surface area contributed by atoms with Gasteiger partial charge in [-0.2, -0.15) is 0 Å². The summed E-state index contributed by atoms with van der Waals surface area (Å²) in [6.07, 6.45) is 1.27. The predicted molar refractivity (Wildman–Crippen MR) is 81.4 cm³/mol. The number of aliphatic hydroxyl groups is 1. The van der Waals surface area contributed by atoms with E-state index in [2.05, 4.69) is 25.3 Å². The highest BCUT2D eigenvalue weighted by molar-refractivity contribution is 5.35.